The maximum absolute atomic E-state index is 12.3. The number of rotatable bonds is 0. The van der Waals surface area contributed by atoms with E-state index in [-0.39, 0.29) is 0 Å². The van der Waals surface area contributed by atoms with Gasteiger partial charge in [-0.25, -0.2) is 9.98 Å². The average molecular weight is 342 g/mol. The Morgan fingerprint density at radius 2 is 1.23 bits per heavy atom. The van der Waals surface area contributed by atoms with E-state index in [4.69, 9.17) is 0 Å². The van der Waals surface area contributed by atoms with Crippen molar-refractivity contribution in [3.63, 3.8) is 0 Å². The number of Topliss-reactive ketones (excluding diaryl/α,β-unsaturated/α-hetero) is 2. The molecule has 4 aliphatic heterocycles. The maximum atomic E-state index is 12.3. The van der Waals surface area contributed by atoms with Gasteiger partial charge in [-0.1, -0.05) is 0 Å². The summed E-state index contributed by atoms with van der Waals surface area (Å²) >= 11 is 0. The highest BCUT2D eigenvalue weighted by Gasteiger charge is 2.38. The molecule has 2 N–H and O–H groups in total. The van der Waals surface area contributed by atoms with Crippen LogP contribution in [-0.4, -0.2) is 40.1 Å². The van der Waals surface area contributed by atoms with Gasteiger partial charge < -0.3 is 4.98 Å². The van der Waals surface area contributed by atoms with E-state index in [0.29, 0.717) is 11.4 Å². The molecular formula is C20H14N4O2. The number of aromatic amines is 1. The van der Waals surface area contributed by atoms with E-state index in [9.17, 15) is 9.59 Å². The van der Waals surface area contributed by atoms with Gasteiger partial charge in [0.15, 0.2) is 0 Å². The van der Waals surface area contributed by atoms with Gasteiger partial charge in [0.05, 0.1) is 34.9 Å². The molecule has 2 unspecified atom stereocenters. The molecule has 1 aromatic heterocycles. The molecule has 0 saturated carbocycles. The molecule has 0 spiro atoms. The second kappa shape index (κ2) is 5.57. The fraction of sp³-hybridized carbons (Fsp3) is 0.100. The summed E-state index contributed by atoms with van der Waals surface area (Å²) in [5.74, 6) is -0.896. The number of H-pyrrole nitrogens is 1. The van der Waals surface area contributed by atoms with Crippen molar-refractivity contribution in [2.75, 3.05) is 0 Å². The van der Waals surface area contributed by atoms with Crippen LogP contribution in [0.2, 0.25) is 0 Å². The summed E-state index contributed by atoms with van der Waals surface area (Å²) in [4.78, 5) is 36.8. The molecule has 0 amide bonds. The van der Waals surface area contributed by atoms with Crippen molar-refractivity contribution in [3.8, 4) is 0 Å². The zero-order chi connectivity index (χ0) is 17.7. The Bertz CT molecular complexity index is 1070. The van der Waals surface area contributed by atoms with Gasteiger partial charge in [-0.15, -0.1) is 0 Å². The Morgan fingerprint density at radius 3 is 1.73 bits per heavy atom. The summed E-state index contributed by atoms with van der Waals surface area (Å²) in [5.41, 5.74) is 2.89. The van der Waals surface area contributed by atoms with Crippen molar-refractivity contribution in [1.82, 2.24) is 10.3 Å². The van der Waals surface area contributed by atoms with Gasteiger partial charge in [-0.3, -0.25) is 14.9 Å². The molecule has 5 heterocycles. The van der Waals surface area contributed by atoms with Crippen molar-refractivity contribution in [1.29, 1.82) is 0 Å². The predicted octanol–water partition coefficient (Wildman–Crippen LogP) is -0.143. The molecule has 8 bridgehead atoms. The van der Waals surface area contributed by atoms with Crippen LogP contribution in [0.25, 0.3) is 12.2 Å². The number of carbonyl (C=O) groups is 2. The van der Waals surface area contributed by atoms with Gasteiger partial charge in [0.2, 0.25) is 11.6 Å². The van der Waals surface area contributed by atoms with E-state index in [1.165, 1.54) is 0 Å². The lowest BCUT2D eigenvalue weighted by Crippen LogP contribution is -2.29. The molecule has 1 fully saturated rings. The normalized spacial score (nSPS) is 26.2. The minimum Gasteiger partial charge on any atom is -0.355 e. The lowest BCUT2D eigenvalue weighted by Gasteiger charge is -2.05. The van der Waals surface area contributed by atoms with E-state index >= 15 is 0 Å². The molecule has 0 radical (unpaired) electrons. The first-order valence-corrected chi connectivity index (χ1v) is 8.34. The van der Waals surface area contributed by atoms with Crippen molar-refractivity contribution >= 4 is 35.1 Å². The van der Waals surface area contributed by atoms with Crippen molar-refractivity contribution in [3.05, 3.63) is 70.7 Å². The van der Waals surface area contributed by atoms with Crippen LogP contribution in [0.3, 0.4) is 0 Å². The van der Waals surface area contributed by atoms with Gasteiger partial charge in [0, 0.05) is 10.7 Å². The van der Waals surface area contributed by atoms with Gasteiger partial charge in [0.1, 0.15) is 0 Å². The number of nitrogens with one attached hydrogen (secondary N) is 2. The molecule has 4 aliphatic rings. The monoisotopic (exact) mass is 342 g/mol. The summed E-state index contributed by atoms with van der Waals surface area (Å²) < 4.78 is 0. The van der Waals surface area contributed by atoms with Crippen LogP contribution in [-0.2, 0) is 9.59 Å². The van der Waals surface area contributed by atoms with Crippen LogP contribution in [0.15, 0.2) is 70.0 Å². The molecule has 5 rings (SSSR count). The third-order valence-corrected chi connectivity index (χ3v) is 4.55. The molecular weight excluding hydrogens is 328 g/mol. The first kappa shape index (κ1) is 14.9. The smallest absolute Gasteiger partial charge is 0.221 e. The molecule has 6 nitrogen and oxygen atoms in total. The molecule has 1 aromatic rings. The molecule has 1 saturated heterocycles. The number of ketones is 2. The molecule has 2 atom stereocenters. The quantitative estimate of drug-likeness (QED) is 0.643. The molecule has 0 aliphatic carbocycles. The van der Waals surface area contributed by atoms with Crippen LogP contribution in [0, 0.1) is 0 Å². The Labute approximate surface area is 148 Å². The van der Waals surface area contributed by atoms with Crippen LogP contribution in [0.5, 0.6) is 0 Å². The number of allylic oxidation sites excluding steroid dienone is 4. The Morgan fingerprint density at radius 1 is 0.731 bits per heavy atom. The fourth-order valence-electron chi connectivity index (χ4n) is 3.29. The highest BCUT2D eigenvalue weighted by molar-refractivity contribution is 6.44. The van der Waals surface area contributed by atoms with Gasteiger partial charge in [-0.05, 0) is 60.7 Å². The molecule has 26 heavy (non-hydrogen) atoms. The number of aliphatic imine (C=N–C) groups is 2. The van der Waals surface area contributed by atoms with Gasteiger partial charge in [-0.2, -0.15) is 0 Å². The van der Waals surface area contributed by atoms with E-state index < -0.39 is 23.7 Å². The number of hydrogen-bond acceptors (Lipinski definition) is 5. The molecule has 126 valence electrons. The minimum absolute atomic E-state index is 0.448. The van der Waals surface area contributed by atoms with E-state index in [1.807, 2.05) is 48.6 Å². The average Bonchev–Trinajstić information content (AvgIpc) is 3.38. The van der Waals surface area contributed by atoms with Crippen LogP contribution >= 0.6 is 0 Å². The zero-order valence-corrected chi connectivity index (χ0v) is 13.6. The highest BCUT2D eigenvalue weighted by atomic mass is 16.2. The number of hydrogen-bond donors (Lipinski definition) is 2. The van der Waals surface area contributed by atoms with Crippen molar-refractivity contribution in [2.45, 2.75) is 12.1 Å². The van der Waals surface area contributed by atoms with Crippen molar-refractivity contribution < 1.29 is 9.59 Å². The molecule has 0 aromatic carbocycles. The number of carbonyl (C=O) groups excluding carboxylic acids is 2. The van der Waals surface area contributed by atoms with Crippen LogP contribution in [0.1, 0.15) is 0 Å². The summed E-state index contributed by atoms with van der Waals surface area (Å²) in [6.45, 7) is 0. The van der Waals surface area contributed by atoms with Crippen LogP contribution < -0.4 is 16.0 Å². The van der Waals surface area contributed by atoms with Gasteiger partial charge >= 0.3 is 0 Å². The number of fused-ring (bicyclic) bond motifs is 6. The summed E-state index contributed by atoms with van der Waals surface area (Å²) in [6, 6.07) is 2.61. The Hall–Kier alpha value is -3.38. The third kappa shape index (κ3) is 2.57. The van der Waals surface area contributed by atoms with Crippen molar-refractivity contribution in [2.24, 2.45) is 9.98 Å². The molecule has 6 heteroatoms. The highest BCUT2D eigenvalue weighted by Crippen LogP contribution is 2.17. The summed E-state index contributed by atoms with van der Waals surface area (Å²) in [5, 5.41) is 4.91. The first-order valence-electron chi connectivity index (χ1n) is 8.34. The Balaban J connectivity index is 1.67. The lowest BCUT2D eigenvalue weighted by molar-refractivity contribution is -0.134. The third-order valence-electron chi connectivity index (χ3n) is 4.55. The first-order chi connectivity index (χ1) is 12.6. The number of aromatic nitrogens is 1. The topological polar surface area (TPSA) is 86.7 Å². The largest absolute Gasteiger partial charge is 0.355 e. The fourth-order valence-corrected chi connectivity index (χ4v) is 3.29. The second-order valence-electron chi connectivity index (χ2n) is 6.43. The van der Waals surface area contributed by atoms with E-state index in [1.54, 1.807) is 12.2 Å². The van der Waals surface area contributed by atoms with E-state index in [2.05, 4.69) is 20.3 Å². The lowest BCUT2D eigenvalue weighted by atomic mass is 10.1. The van der Waals surface area contributed by atoms with Gasteiger partial charge in [0.25, 0.3) is 0 Å². The zero-order valence-electron chi connectivity index (χ0n) is 13.6. The second-order valence-corrected chi connectivity index (χ2v) is 6.43. The Kier molecular flexibility index (Phi) is 3.20. The van der Waals surface area contributed by atoms with Crippen LogP contribution in [0.4, 0.5) is 0 Å². The minimum atomic E-state index is -0.669. The summed E-state index contributed by atoms with van der Waals surface area (Å²) in [6.07, 6.45) is 14.7. The number of nitrogens with zero attached hydrogens (tertiary/aromatic N) is 2. The summed E-state index contributed by atoms with van der Waals surface area (Å²) in [7, 11) is 0. The predicted molar refractivity (Wildman–Crippen MR) is 99.0 cm³/mol. The maximum Gasteiger partial charge on any atom is 0.221 e. The SMILES string of the molecule is O=C1C(=O)C2C=C3C=CC(=N3)C=c3ccc([nH]3)=CC3=NC(=CC1N2)C=C3. The standard InChI is InChI=1S/C20H14N4O2/c25-19-17-9-15-5-3-13(22-15)7-11-1-2-12(21-11)8-14-4-6-16(23-14)10-18(24-17)20(19)26/h1-10,17-18,21,24H. The van der Waals surface area contributed by atoms with E-state index in [0.717, 1.165) is 22.1 Å².